The summed E-state index contributed by atoms with van der Waals surface area (Å²) in [6, 6.07) is 6.76. The van der Waals surface area contributed by atoms with Crippen molar-refractivity contribution in [2.75, 3.05) is 13.7 Å². The van der Waals surface area contributed by atoms with Crippen molar-refractivity contribution in [2.45, 2.75) is 13.5 Å². The van der Waals surface area contributed by atoms with Crippen molar-refractivity contribution in [2.24, 2.45) is 0 Å². The number of ether oxygens (including phenoxy) is 1. The minimum atomic E-state index is -0.480. The molecule has 0 radical (unpaired) electrons. The fourth-order valence-corrected chi connectivity index (χ4v) is 2.98. The molecule has 2 aromatic rings. The number of amides is 1. The van der Waals surface area contributed by atoms with E-state index in [1.165, 1.54) is 36.8 Å². The van der Waals surface area contributed by atoms with E-state index >= 15 is 0 Å². The lowest BCUT2D eigenvalue weighted by Crippen LogP contribution is -2.30. The molecule has 2 rings (SSSR count). The number of esters is 1. The number of nitrogens with zero attached hydrogens (tertiary/aromatic N) is 2. The van der Waals surface area contributed by atoms with Gasteiger partial charge < -0.3 is 9.64 Å². The summed E-state index contributed by atoms with van der Waals surface area (Å²) in [6.07, 6.45) is 1.34. The first-order valence-corrected chi connectivity index (χ1v) is 7.82. The molecule has 7 heteroatoms. The molecule has 1 amide bonds. The van der Waals surface area contributed by atoms with Crippen molar-refractivity contribution in [1.82, 2.24) is 9.88 Å². The first-order chi connectivity index (χ1) is 10.5. The predicted octanol–water partition coefficient (Wildman–Crippen LogP) is 3.25. The first kappa shape index (κ1) is 16.5. The second-order valence-corrected chi connectivity index (χ2v) is 6.25. The molecule has 2 heterocycles. The molecule has 22 heavy (non-hydrogen) atoms. The zero-order valence-electron chi connectivity index (χ0n) is 12.2. The molecule has 0 aliphatic heterocycles. The number of aromatic nitrogens is 1. The van der Waals surface area contributed by atoms with Crippen LogP contribution in [0.25, 0.3) is 0 Å². The van der Waals surface area contributed by atoms with Crippen LogP contribution >= 0.6 is 22.9 Å². The van der Waals surface area contributed by atoms with E-state index in [4.69, 9.17) is 11.6 Å². The molecule has 0 saturated carbocycles. The molecule has 116 valence electrons. The van der Waals surface area contributed by atoms with Crippen molar-refractivity contribution in [3.05, 3.63) is 50.9 Å². The van der Waals surface area contributed by atoms with E-state index in [-0.39, 0.29) is 11.6 Å². The van der Waals surface area contributed by atoms with Gasteiger partial charge in [-0.2, -0.15) is 0 Å². The van der Waals surface area contributed by atoms with Gasteiger partial charge in [-0.25, -0.2) is 4.79 Å². The van der Waals surface area contributed by atoms with Crippen LogP contribution < -0.4 is 0 Å². The van der Waals surface area contributed by atoms with Crippen LogP contribution in [-0.4, -0.2) is 35.4 Å². The molecule has 0 atom stereocenters. The van der Waals surface area contributed by atoms with Gasteiger partial charge in [0.05, 0.1) is 23.6 Å². The number of carbonyl (C=O) groups excluding carboxylic acids is 2. The van der Waals surface area contributed by atoms with Gasteiger partial charge in [-0.15, -0.1) is 11.3 Å². The van der Waals surface area contributed by atoms with Gasteiger partial charge in [-0.05, 0) is 31.2 Å². The maximum atomic E-state index is 12.5. The van der Waals surface area contributed by atoms with Gasteiger partial charge in [-0.3, -0.25) is 9.78 Å². The van der Waals surface area contributed by atoms with Gasteiger partial charge in [0.1, 0.15) is 5.69 Å². The van der Waals surface area contributed by atoms with Crippen LogP contribution in [0.1, 0.15) is 32.6 Å². The Morgan fingerprint density at radius 2 is 2.09 bits per heavy atom. The molecule has 2 aromatic heterocycles. The Labute approximate surface area is 137 Å². The van der Waals surface area contributed by atoms with Gasteiger partial charge in [-0.1, -0.05) is 11.6 Å². The van der Waals surface area contributed by atoms with E-state index in [0.717, 1.165) is 4.88 Å². The Morgan fingerprint density at radius 3 is 2.59 bits per heavy atom. The number of rotatable bonds is 5. The summed E-state index contributed by atoms with van der Waals surface area (Å²) in [7, 11) is 1.30. The second-order valence-electron chi connectivity index (χ2n) is 4.45. The van der Waals surface area contributed by atoms with Crippen LogP contribution in [0.2, 0.25) is 4.34 Å². The average Bonchev–Trinajstić information content (AvgIpc) is 2.96. The van der Waals surface area contributed by atoms with Crippen LogP contribution in [0.15, 0.2) is 30.5 Å². The predicted molar refractivity (Wildman–Crippen MR) is 85.3 cm³/mol. The van der Waals surface area contributed by atoms with Gasteiger partial charge in [0.15, 0.2) is 0 Å². The topological polar surface area (TPSA) is 59.5 Å². The van der Waals surface area contributed by atoms with Crippen molar-refractivity contribution < 1.29 is 14.3 Å². The summed E-state index contributed by atoms with van der Waals surface area (Å²) >= 11 is 7.35. The van der Waals surface area contributed by atoms with Crippen molar-refractivity contribution in [3.8, 4) is 0 Å². The molecule has 0 aliphatic carbocycles. The number of carbonyl (C=O) groups is 2. The molecule has 0 fully saturated rings. The summed E-state index contributed by atoms with van der Waals surface area (Å²) in [5.41, 5.74) is 0.601. The SMILES string of the molecule is CCN(Cc1ccc(Cl)s1)C(=O)c1ccc(C(=O)OC)cn1. The van der Waals surface area contributed by atoms with Crippen LogP contribution in [0, 0.1) is 0 Å². The summed E-state index contributed by atoms with van der Waals surface area (Å²) in [6.45, 7) is 2.93. The van der Waals surface area contributed by atoms with E-state index in [2.05, 4.69) is 9.72 Å². The monoisotopic (exact) mass is 338 g/mol. The quantitative estimate of drug-likeness (QED) is 0.785. The third-order valence-electron chi connectivity index (χ3n) is 3.05. The highest BCUT2D eigenvalue weighted by atomic mass is 35.5. The first-order valence-electron chi connectivity index (χ1n) is 6.63. The fraction of sp³-hybridized carbons (Fsp3) is 0.267. The zero-order chi connectivity index (χ0) is 16.1. The second kappa shape index (κ2) is 7.38. The van der Waals surface area contributed by atoms with Crippen LogP contribution in [0.5, 0.6) is 0 Å². The van der Waals surface area contributed by atoms with E-state index in [0.29, 0.717) is 23.0 Å². The standard InChI is InChI=1S/C15H15ClN2O3S/c1-3-18(9-11-5-7-13(16)22-11)14(19)12-6-4-10(8-17-12)15(20)21-2/h4-8H,3,9H2,1-2H3. The molecule has 0 aromatic carbocycles. The Hall–Kier alpha value is -1.92. The van der Waals surface area contributed by atoms with Gasteiger partial charge in [0.2, 0.25) is 0 Å². The number of hydrogen-bond donors (Lipinski definition) is 0. The molecular formula is C15H15ClN2O3S. The van der Waals surface area contributed by atoms with Crippen LogP contribution in [0.4, 0.5) is 0 Å². The van der Waals surface area contributed by atoms with Gasteiger partial charge >= 0.3 is 5.97 Å². The number of hydrogen-bond acceptors (Lipinski definition) is 5. The van der Waals surface area contributed by atoms with Gasteiger partial charge in [0, 0.05) is 17.6 Å². The summed E-state index contributed by atoms with van der Waals surface area (Å²) < 4.78 is 5.29. The van der Waals surface area contributed by atoms with Gasteiger partial charge in [0.25, 0.3) is 5.91 Å². The summed E-state index contributed by atoms with van der Waals surface area (Å²) in [5, 5.41) is 0. The van der Waals surface area contributed by atoms with Crippen molar-refractivity contribution >= 4 is 34.8 Å². The summed E-state index contributed by atoms with van der Waals surface area (Å²) in [5.74, 6) is -0.671. The highest BCUT2D eigenvalue weighted by molar-refractivity contribution is 7.16. The van der Waals surface area contributed by atoms with E-state index in [1.54, 1.807) is 4.90 Å². The lowest BCUT2D eigenvalue weighted by molar-refractivity contribution is 0.0599. The fourth-order valence-electron chi connectivity index (χ4n) is 1.87. The lowest BCUT2D eigenvalue weighted by Gasteiger charge is -2.19. The van der Waals surface area contributed by atoms with E-state index in [9.17, 15) is 9.59 Å². The smallest absolute Gasteiger partial charge is 0.339 e. The molecule has 0 unspecified atom stereocenters. The van der Waals surface area contributed by atoms with Crippen molar-refractivity contribution in [3.63, 3.8) is 0 Å². The third-order valence-corrected chi connectivity index (χ3v) is 4.26. The van der Waals surface area contributed by atoms with Crippen LogP contribution in [0.3, 0.4) is 0 Å². The number of methoxy groups -OCH3 is 1. The van der Waals surface area contributed by atoms with E-state index < -0.39 is 5.97 Å². The molecule has 0 saturated heterocycles. The highest BCUT2D eigenvalue weighted by Crippen LogP contribution is 2.23. The number of thiophene rings is 1. The lowest BCUT2D eigenvalue weighted by atomic mass is 10.2. The number of halogens is 1. The van der Waals surface area contributed by atoms with Crippen molar-refractivity contribution in [1.29, 1.82) is 0 Å². The minimum Gasteiger partial charge on any atom is -0.465 e. The maximum absolute atomic E-state index is 12.5. The Bertz CT molecular complexity index is 670. The molecule has 0 N–H and O–H groups in total. The average molecular weight is 339 g/mol. The summed E-state index contributed by atoms with van der Waals surface area (Å²) in [4.78, 5) is 30.5. The molecule has 0 bridgehead atoms. The Balaban J connectivity index is 2.12. The highest BCUT2D eigenvalue weighted by Gasteiger charge is 2.17. The third kappa shape index (κ3) is 3.84. The maximum Gasteiger partial charge on any atom is 0.339 e. The molecule has 0 spiro atoms. The molecule has 0 aliphatic rings. The molecule has 5 nitrogen and oxygen atoms in total. The zero-order valence-corrected chi connectivity index (χ0v) is 13.8. The molecular weight excluding hydrogens is 324 g/mol. The Morgan fingerprint density at radius 1 is 1.32 bits per heavy atom. The largest absolute Gasteiger partial charge is 0.465 e. The minimum absolute atomic E-state index is 0.191. The Kier molecular flexibility index (Phi) is 5.51. The van der Waals surface area contributed by atoms with E-state index in [1.807, 2.05) is 19.1 Å². The number of pyridine rings is 1. The van der Waals surface area contributed by atoms with Crippen LogP contribution in [-0.2, 0) is 11.3 Å². The normalized spacial score (nSPS) is 10.3.